The molecule has 0 bridgehead atoms. The second kappa shape index (κ2) is 3.84. The number of aromatic nitrogens is 2. The van der Waals surface area contributed by atoms with Gasteiger partial charge in [-0.1, -0.05) is 0 Å². The molecule has 0 aromatic carbocycles. The molecule has 2 aromatic rings. The molecule has 5 heteroatoms. The SMILES string of the molecule is COc1cc(OC)n2cc(C(C)=O)nc2c1. The molecule has 2 heterocycles. The van der Waals surface area contributed by atoms with E-state index < -0.39 is 0 Å². The lowest BCUT2D eigenvalue weighted by Gasteiger charge is -2.06. The molecule has 0 spiro atoms. The smallest absolute Gasteiger partial charge is 0.202 e. The number of hydrogen-bond donors (Lipinski definition) is 0. The molecule has 0 aliphatic rings. The highest BCUT2D eigenvalue weighted by Crippen LogP contribution is 2.23. The molecule has 2 aromatic heterocycles. The zero-order chi connectivity index (χ0) is 11.7. The highest BCUT2D eigenvalue weighted by molar-refractivity contribution is 5.92. The van der Waals surface area contributed by atoms with Crippen LogP contribution in [0.3, 0.4) is 0 Å². The molecule has 0 aliphatic heterocycles. The van der Waals surface area contributed by atoms with E-state index in [1.807, 2.05) is 0 Å². The van der Waals surface area contributed by atoms with Gasteiger partial charge in [0.2, 0.25) is 5.88 Å². The third-order valence-electron chi connectivity index (χ3n) is 2.31. The van der Waals surface area contributed by atoms with Crippen molar-refractivity contribution in [2.75, 3.05) is 14.2 Å². The van der Waals surface area contributed by atoms with E-state index in [1.165, 1.54) is 6.92 Å². The second-order valence-electron chi connectivity index (χ2n) is 3.35. The molecule has 0 radical (unpaired) electrons. The van der Waals surface area contributed by atoms with Crippen molar-refractivity contribution in [3.05, 3.63) is 24.0 Å². The Morgan fingerprint density at radius 3 is 2.62 bits per heavy atom. The summed E-state index contributed by atoms with van der Waals surface area (Å²) in [5, 5.41) is 0. The summed E-state index contributed by atoms with van der Waals surface area (Å²) in [7, 11) is 3.13. The maximum Gasteiger partial charge on any atom is 0.202 e. The monoisotopic (exact) mass is 220 g/mol. The number of fused-ring (bicyclic) bond motifs is 1. The predicted molar refractivity (Wildman–Crippen MR) is 58.3 cm³/mol. The Balaban J connectivity index is 2.69. The molecule has 16 heavy (non-hydrogen) atoms. The van der Waals surface area contributed by atoms with Crippen LogP contribution in [0.1, 0.15) is 17.4 Å². The quantitative estimate of drug-likeness (QED) is 0.736. The fourth-order valence-corrected chi connectivity index (χ4v) is 1.48. The van der Waals surface area contributed by atoms with Gasteiger partial charge in [0.15, 0.2) is 5.78 Å². The first-order valence-corrected chi connectivity index (χ1v) is 4.77. The fourth-order valence-electron chi connectivity index (χ4n) is 1.48. The Bertz CT molecular complexity index is 545. The molecule has 0 aliphatic carbocycles. The highest BCUT2D eigenvalue weighted by atomic mass is 16.5. The third-order valence-corrected chi connectivity index (χ3v) is 2.31. The van der Waals surface area contributed by atoms with E-state index in [9.17, 15) is 4.79 Å². The summed E-state index contributed by atoms with van der Waals surface area (Å²) >= 11 is 0. The van der Waals surface area contributed by atoms with Crippen molar-refractivity contribution < 1.29 is 14.3 Å². The van der Waals surface area contributed by atoms with Crippen LogP contribution in [0.2, 0.25) is 0 Å². The standard InChI is InChI=1S/C11H12N2O3/c1-7(14)9-6-13-10(12-9)4-8(15-2)5-11(13)16-3/h4-6H,1-3H3. The lowest BCUT2D eigenvalue weighted by atomic mass is 10.3. The van der Waals surface area contributed by atoms with Crippen LogP contribution < -0.4 is 9.47 Å². The van der Waals surface area contributed by atoms with Gasteiger partial charge in [0.25, 0.3) is 0 Å². The first-order valence-electron chi connectivity index (χ1n) is 4.77. The van der Waals surface area contributed by atoms with E-state index in [-0.39, 0.29) is 5.78 Å². The number of nitrogens with zero attached hydrogens (tertiary/aromatic N) is 2. The number of Topliss-reactive ketones (excluding diaryl/α,β-unsaturated/α-hetero) is 1. The van der Waals surface area contributed by atoms with Crippen LogP contribution in [0.25, 0.3) is 5.65 Å². The number of methoxy groups -OCH3 is 2. The summed E-state index contributed by atoms with van der Waals surface area (Å²) in [6, 6.07) is 3.48. The van der Waals surface area contributed by atoms with Crippen LogP contribution in [0, 0.1) is 0 Å². The normalized spacial score (nSPS) is 10.4. The van der Waals surface area contributed by atoms with E-state index in [0.29, 0.717) is 23.0 Å². The van der Waals surface area contributed by atoms with Gasteiger partial charge in [-0.3, -0.25) is 9.20 Å². The Kier molecular flexibility index (Phi) is 2.52. The summed E-state index contributed by atoms with van der Waals surface area (Å²) < 4.78 is 12.0. The number of imidazole rings is 1. The van der Waals surface area contributed by atoms with Crippen LogP contribution in [0.5, 0.6) is 11.6 Å². The number of ketones is 1. The van der Waals surface area contributed by atoms with Gasteiger partial charge in [-0.15, -0.1) is 0 Å². The first kappa shape index (κ1) is 10.5. The summed E-state index contributed by atoms with van der Waals surface area (Å²) in [5.41, 5.74) is 1.04. The van der Waals surface area contributed by atoms with Crippen LogP contribution in [-0.4, -0.2) is 29.4 Å². The number of pyridine rings is 1. The Morgan fingerprint density at radius 2 is 2.06 bits per heavy atom. The summed E-state index contributed by atoms with van der Waals surface area (Å²) in [6.07, 6.45) is 1.65. The molecule has 0 fully saturated rings. The molecular formula is C11H12N2O3. The molecule has 5 nitrogen and oxygen atoms in total. The molecule has 0 saturated carbocycles. The maximum absolute atomic E-state index is 11.2. The first-order chi connectivity index (χ1) is 7.65. The van der Waals surface area contributed by atoms with Gasteiger partial charge in [-0.2, -0.15) is 0 Å². The molecule has 0 saturated heterocycles. The molecule has 0 N–H and O–H groups in total. The van der Waals surface area contributed by atoms with Crippen molar-refractivity contribution in [2.24, 2.45) is 0 Å². The minimum absolute atomic E-state index is 0.0790. The maximum atomic E-state index is 11.2. The van der Waals surface area contributed by atoms with Crippen molar-refractivity contribution in [1.29, 1.82) is 0 Å². The van der Waals surface area contributed by atoms with Gasteiger partial charge in [0.05, 0.1) is 14.2 Å². The van der Waals surface area contributed by atoms with E-state index >= 15 is 0 Å². The number of carbonyl (C=O) groups is 1. The molecule has 84 valence electrons. The van der Waals surface area contributed by atoms with Crippen molar-refractivity contribution in [3.8, 4) is 11.6 Å². The van der Waals surface area contributed by atoms with E-state index in [0.717, 1.165) is 0 Å². The molecule has 0 unspecified atom stereocenters. The Hall–Kier alpha value is -2.04. The van der Waals surface area contributed by atoms with E-state index in [1.54, 1.807) is 36.9 Å². The second-order valence-corrected chi connectivity index (χ2v) is 3.35. The van der Waals surface area contributed by atoms with Crippen molar-refractivity contribution in [1.82, 2.24) is 9.38 Å². The van der Waals surface area contributed by atoms with Crippen LogP contribution in [0.15, 0.2) is 18.3 Å². The fraction of sp³-hybridized carbons (Fsp3) is 0.273. The average molecular weight is 220 g/mol. The number of rotatable bonds is 3. The van der Waals surface area contributed by atoms with Crippen LogP contribution in [-0.2, 0) is 0 Å². The van der Waals surface area contributed by atoms with Crippen molar-refractivity contribution in [2.45, 2.75) is 6.92 Å². The van der Waals surface area contributed by atoms with Gasteiger partial charge >= 0.3 is 0 Å². The predicted octanol–water partition coefficient (Wildman–Crippen LogP) is 1.55. The van der Waals surface area contributed by atoms with Crippen molar-refractivity contribution >= 4 is 11.4 Å². The average Bonchev–Trinajstić information content (AvgIpc) is 2.71. The van der Waals surface area contributed by atoms with Gasteiger partial charge in [-0.25, -0.2) is 4.98 Å². The Labute approximate surface area is 92.6 Å². The molecular weight excluding hydrogens is 208 g/mol. The Morgan fingerprint density at radius 1 is 1.31 bits per heavy atom. The largest absolute Gasteiger partial charge is 0.496 e. The molecule has 0 amide bonds. The molecule has 2 rings (SSSR count). The van der Waals surface area contributed by atoms with Crippen molar-refractivity contribution in [3.63, 3.8) is 0 Å². The number of ether oxygens (including phenoxy) is 2. The van der Waals surface area contributed by atoms with Gasteiger partial charge < -0.3 is 9.47 Å². The van der Waals surface area contributed by atoms with E-state index in [2.05, 4.69) is 4.98 Å². The van der Waals surface area contributed by atoms with Gasteiger partial charge in [0, 0.05) is 25.3 Å². The van der Waals surface area contributed by atoms with Gasteiger partial charge in [-0.05, 0) is 0 Å². The summed E-state index contributed by atoms with van der Waals surface area (Å²) in [5.74, 6) is 1.14. The zero-order valence-corrected chi connectivity index (χ0v) is 9.35. The number of hydrogen-bond acceptors (Lipinski definition) is 4. The zero-order valence-electron chi connectivity index (χ0n) is 9.35. The van der Waals surface area contributed by atoms with E-state index in [4.69, 9.17) is 9.47 Å². The summed E-state index contributed by atoms with van der Waals surface area (Å²) in [6.45, 7) is 1.48. The number of carbonyl (C=O) groups excluding carboxylic acids is 1. The minimum atomic E-state index is -0.0790. The topological polar surface area (TPSA) is 52.8 Å². The summed E-state index contributed by atoms with van der Waals surface area (Å²) in [4.78, 5) is 15.4. The lowest BCUT2D eigenvalue weighted by molar-refractivity contribution is 0.101. The lowest BCUT2D eigenvalue weighted by Crippen LogP contribution is -1.94. The van der Waals surface area contributed by atoms with Gasteiger partial charge in [0.1, 0.15) is 17.1 Å². The molecule has 0 atom stereocenters. The van der Waals surface area contributed by atoms with Crippen LogP contribution in [0.4, 0.5) is 0 Å². The minimum Gasteiger partial charge on any atom is -0.496 e. The highest BCUT2D eigenvalue weighted by Gasteiger charge is 2.10. The third kappa shape index (κ3) is 1.60. The van der Waals surface area contributed by atoms with Crippen LogP contribution >= 0.6 is 0 Å².